The van der Waals surface area contributed by atoms with Crippen LogP contribution < -0.4 is 10.4 Å². The van der Waals surface area contributed by atoms with E-state index < -0.39 is 53.9 Å². The number of imide groups is 1. The van der Waals surface area contributed by atoms with Gasteiger partial charge in [-0.05, 0) is 65.5 Å². The maximum atomic E-state index is 15.2. The smallest absolute Gasteiger partial charge is 0.488 e. The van der Waals surface area contributed by atoms with Crippen LogP contribution in [0.5, 0.6) is 5.75 Å². The predicted octanol–water partition coefficient (Wildman–Crippen LogP) is 4.83. The van der Waals surface area contributed by atoms with E-state index in [1.54, 1.807) is 42.5 Å². The second-order valence-electron chi connectivity index (χ2n) is 14.1. The van der Waals surface area contributed by atoms with E-state index >= 15 is 9.59 Å². The SMILES string of the molecule is C=CCc1cccc(C2C3=CCC4C(=O)N(c5cccc(B(O)O)c5)C(=O)C4C3CC3C(=O)C(c4ccccc4)=CC(=O)C32c2ccccc2)c1O. The summed E-state index contributed by atoms with van der Waals surface area (Å²) in [7, 11) is -1.79. The van der Waals surface area contributed by atoms with E-state index in [0.29, 0.717) is 34.2 Å². The predicted molar refractivity (Wildman–Crippen MR) is 197 cm³/mol. The van der Waals surface area contributed by atoms with E-state index in [9.17, 15) is 24.7 Å². The minimum absolute atomic E-state index is 0.00181. The van der Waals surface area contributed by atoms with Gasteiger partial charge >= 0.3 is 7.12 Å². The lowest BCUT2D eigenvalue weighted by molar-refractivity contribution is -0.135. The van der Waals surface area contributed by atoms with Crippen molar-refractivity contribution < 1.29 is 34.3 Å². The van der Waals surface area contributed by atoms with Crippen LogP contribution in [0.3, 0.4) is 0 Å². The highest BCUT2D eigenvalue weighted by Crippen LogP contribution is 2.64. The number of aromatic hydroxyl groups is 1. The van der Waals surface area contributed by atoms with Crippen LogP contribution in [0.4, 0.5) is 5.69 Å². The van der Waals surface area contributed by atoms with Gasteiger partial charge in [-0.1, -0.05) is 109 Å². The largest absolute Gasteiger partial charge is 0.507 e. The van der Waals surface area contributed by atoms with Gasteiger partial charge in [-0.3, -0.25) is 24.1 Å². The van der Waals surface area contributed by atoms with Crippen molar-refractivity contribution in [1.29, 1.82) is 0 Å². The number of amides is 2. The highest BCUT2D eigenvalue weighted by Gasteiger charge is 2.66. The normalized spacial score (nSPS) is 26.6. The number of hydrogen-bond donors (Lipinski definition) is 3. The number of carbonyl (C=O) groups is 4. The van der Waals surface area contributed by atoms with Crippen molar-refractivity contribution in [3.63, 3.8) is 0 Å². The molecule has 52 heavy (non-hydrogen) atoms. The van der Waals surface area contributed by atoms with Crippen LogP contribution in [0.15, 0.2) is 134 Å². The van der Waals surface area contributed by atoms with Crippen LogP contribution in [-0.4, -0.2) is 45.7 Å². The van der Waals surface area contributed by atoms with Gasteiger partial charge in [-0.15, -0.1) is 6.58 Å². The van der Waals surface area contributed by atoms with Crippen molar-refractivity contribution in [3.05, 3.63) is 156 Å². The van der Waals surface area contributed by atoms with E-state index in [-0.39, 0.29) is 41.3 Å². The Balaban J connectivity index is 1.36. The molecule has 3 N–H and O–H groups in total. The maximum Gasteiger partial charge on any atom is 0.488 e. The summed E-state index contributed by atoms with van der Waals surface area (Å²) in [4.78, 5) is 60.1. The Hall–Kier alpha value is -5.64. The van der Waals surface area contributed by atoms with Crippen LogP contribution in [0, 0.1) is 23.7 Å². The van der Waals surface area contributed by atoms with E-state index in [4.69, 9.17) is 0 Å². The second kappa shape index (κ2) is 12.8. The van der Waals surface area contributed by atoms with Crippen molar-refractivity contribution in [3.8, 4) is 5.75 Å². The van der Waals surface area contributed by atoms with Crippen LogP contribution >= 0.6 is 0 Å². The number of fused-ring (bicyclic) bond motifs is 4. The highest BCUT2D eigenvalue weighted by molar-refractivity contribution is 6.58. The first-order valence-corrected chi connectivity index (χ1v) is 17.5. The number of benzene rings is 4. The van der Waals surface area contributed by atoms with Crippen molar-refractivity contribution >= 4 is 47.2 Å². The van der Waals surface area contributed by atoms with Crippen molar-refractivity contribution in [2.75, 3.05) is 4.90 Å². The lowest BCUT2D eigenvalue weighted by Crippen LogP contribution is -2.58. The molecule has 4 aliphatic rings. The molecular formula is C43H36BNO7. The van der Waals surface area contributed by atoms with Gasteiger partial charge in [-0.2, -0.15) is 0 Å². The van der Waals surface area contributed by atoms with Crippen LogP contribution in [0.2, 0.25) is 0 Å². The molecule has 9 heteroatoms. The lowest BCUT2D eigenvalue weighted by Gasteiger charge is -2.55. The fraction of sp³-hybridized carbons (Fsp3) is 0.209. The van der Waals surface area contributed by atoms with Crippen LogP contribution in [0.25, 0.3) is 5.57 Å². The van der Waals surface area contributed by atoms with E-state index in [0.717, 1.165) is 10.5 Å². The number of allylic oxidation sites excluding steroid dienone is 5. The number of anilines is 1. The van der Waals surface area contributed by atoms with Gasteiger partial charge in [0.15, 0.2) is 11.6 Å². The van der Waals surface area contributed by atoms with Crippen molar-refractivity contribution in [2.45, 2.75) is 30.6 Å². The minimum Gasteiger partial charge on any atom is -0.507 e. The third-order valence-corrected chi connectivity index (χ3v) is 11.6. The van der Waals surface area contributed by atoms with Crippen molar-refractivity contribution in [2.24, 2.45) is 23.7 Å². The zero-order chi connectivity index (χ0) is 36.3. The molecule has 258 valence electrons. The van der Waals surface area contributed by atoms with E-state index in [1.165, 1.54) is 18.2 Å². The minimum atomic E-state index is -1.79. The first kappa shape index (κ1) is 33.5. The summed E-state index contributed by atoms with van der Waals surface area (Å²) in [5, 5.41) is 31.7. The molecule has 2 amide bonds. The maximum absolute atomic E-state index is 15.2. The van der Waals surface area contributed by atoms with Crippen LogP contribution in [-0.2, 0) is 31.0 Å². The first-order chi connectivity index (χ1) is 25.2. The number of ketones is 2. The number of carbonyl (C=O) groups excluding carboxylic acids is 4. The molecule has 6 atom stereocenters. The number of rotatable bonds is 7. The zero-order valence-electron chi connectivity index (χ0n) is 28.3. The third kappa shape index (κ3) is 4.91. The quantitative estimate of drug-likeness (QED) is 0.144. The Bertz CT molecular complexity index is 2210. The molecule has 0 bridgehead atoms. The zero-order valence-corrected chi connectivity index (χ0v) is 28.3. The Kier molecular flexibility index (Phi) is 8.28. The number of phenols is 1. The number of nitrogens with zero attached hydrogens (tertiary/aromatic N) is 1. The summed E-state index contributed by atoms with van der Waals surface area (Å²) in [6.07, 6.45) is 5.81. The van der Waals surface area contributed by atoms with Gasteiger partial charge in [0.05, 0.1) is 22.9 Å². The Morgan fingerprint density at radius 2 is 1.56 bits per heavy atom. The second-order valence-corrected chi connectivity index (χ2v) is 14.1. The van der Waals surface area contributed by atoms with Gasteiger partial charge < -0.3 is 15.2 Å². The first-order valence-electron chi connectivity index (χ1n) is 17.5. The molecule has 2 fully saturated rings. The monoisotopic (exact) mass is 689 g/mol. The molecule has 0 radical (unpaired) electrons. The van der Waals surface area contributed by atoms with Gasteiger partial charge in [0, 0.05) is 23.0 Å². The summed E-state index contributed by atoms with van der Waals surface area (Å²) >= 11 is 0. The molecule has 1 aliphatic heterocycles. The number of para-hydroxylation sites is 1. The summed E-state index contributed by atoms with van der Waals surface area (Å²) in [6.45, 7) is 3.86. The molecule has 4 aromatic rings. The average Bonchev–Trinajstić information content (AvgIpc) is 3.42. The molecule has 8 nitrogen and oxygen atoms in total. The highest BCUT2D eigenvalue weighted by atomic mass is 16.4. The summed E-state index contributed by atoms with van der Waals surface area (Å²) in [5.41, 5.74) is 2.27. The number of Topliss-reactive ketones (excluding diaryl/α,β-unsaturated/α-hetero) is 1. The van der Waals surface area contributed by atoms with Crippen molar-refractivity contribution in [1.82, 2.24) is 0 Å². The van der Waals surface area contributed by atoms with Gasteiger partial charge in [0.2, 0.25) is 11.8 Å². The molecular weight excluding hydrogens is 653 g/mol. The summed E-state index contributed by atoms with van der Waals surface area (Å²) in [5.74, 6) is -5.34. The van der Waals surface area contributed by atoms with Gasteiger partial charge in [0.25, 0.3) is 0 Å². The molecule has 1 heterocycles. The third-order valence-electron chi connectivity index (χ3n) is 11.6. The van der Waals surface area contributed by atoms with E-state index in [1.807, 2.05) is 60.7 Å². The van der Waals surface area contributed by atoms with Crippen LogP contribution in [0.1, 0.15) is 41.0 Å². The lowest BCUT2D eigenvalue weighted by atomic mass is 9.44. The number of hydrogen-bond acceptors (Lipinski definition) is 7. The standard InChI is InChI=1S/C43H36BNO7/c1-2-11-26-14-9-19-32(39(26)47)38-30-20-21-31-37(42(50)45(41(31)49)29-18-10-17-28(22-29)44(51)52)34(30)23-35-40(48)33(25-12-5-3-6-13-25)24-36(46)43(35,38)27-15-7-4-8-16-27/h2-10,12-20,22,24,31,34-35,37-38,47,51-52H,1,11,21,23H2. The van der Waals surface area contributed by atoms with E-state index in [2.05, 4.69) is 6.58 Å². The number of phenolic OH excluding ortho intramolecular Hbond substituents is 1. The molecule has 1 saturated heterocycles. The topological polar surface area (TPSA) is 132 Å². The molecule has 3 aliphatic carbocycles. The molecule has 0 spiro atoms. The fourth-order valence-corrected chi connectivity index (χ4v) is 9.46. The molecule has 4 aromatic carbocycles. The van der Waals surface area contributed by atoms with Gasteiger partial charge in [-0.25, -0.2) is 0 Å². The fourth-order valence-electron chi connectivity index (χ4n) is 9.46. The summed E-state index contributed by atoms with van der Waals surface area (Å²) in [6, 6.07) is 29.8. The Morgan fingerprint density at radius 3 is 2.27 bits per heavy atom. The molecule has 8 rings (SSSR count). The average molecular weight is 690 g/mol. The van der Waals surface area contributed by atoms with Gasteiger partial charge in [0.1, 0.15) is 5.75 Å². The molecule has 1 saturated carbocycles. The summed E-state index contributed by atoms with van der Waals surface area (Å²) < 4.78 is 0. The Labute approximate surface area is 301 Å². The Morgan fingerprint density at radius 1 is 0.846 bits per heavy atom. The molecule has 6 unspecified atom stereocenters. The molecule has 0 aromatic heterocycles.